The molecule has 0 saturated carbocycles. The molecular formula is C23H29FN4O5. The predicted octanol–water partition coefficient (Wildman–Crippen LogP) is 0.681. The zero-order valence-electron chi connectivity index (χ0n) is 18.7. The van der Waals surface area contributed by atoms with Crippen molar-refractivity contribution < 1.29 is 28.9 Å². The fourth-order valence-electron chi connectivity index (χ4n) is 4.59. The second-order valence-electron chi connectivity index (χ2n) is 8.54. The average molecular weight is 461 g/mol. The summed E-state index contributed by atoms with van der Waals surface area (Å²) in [4.78, 5) is 31.6. The van der Waals surface area contributed by atoms with Crippen molar-refractivity contribution in [3.8, 4) is 0 Å². The van der Waals surface area contributed by atoms with Gasteiger partial charge < -0.3 is 30.1 Å². The second kappa shape index (κ2) is 9.50. The lowest BCUT2D eigenvalue weighted by Crippen LogP contribution is -2.67. The van der Waals surface area contributed by atoms with Gasteiger partial charge in [0.15, 0.2) is 5.76 Å². The van der Waals surface area contributed by atoms with Crippen molar-refractivity contribution in [2.24, 2.45) is 0 Å². The van der Waals surface area contributed by atoms with Crippen LogP contribution in [0.4, 0.5) is 4.39 Å². The van der Waals surface area contributed by atoms with Gasteiger partial charge in [-0.1, -0.05) is 12.1 Å². The molecule has 0 aromatic heterocycles. The molecule has 3 N–H and O–H groups in total. The molecule has 0 aliphatic carbocycles. The van der Waals surface area contributed by atoms with Gasteiger partial charge in [-0.2, -0.15) is 0 Å². The van der Waals surface area contributed by atoms with E-state index in [1.807, 2.05) is 6.92 Å². The Labute approximate surface area is 191 Å². The van der Waals surface area contributed by atoms with Crippen LogP contribution in [0.25, 0.3) is 0 Å². The van der Waals surface area contributed by atoms with Crippen molar-refractivity contribution in [1.29, 1.82) is 0 Å². The maximum absolute atomic E-state index is 13.3. The molecule has 3 aliphatic heterocycles. The van der Waals surface area contributed by atoms with E-state index in [-0.39, 0.29) is 41.7 Å². The van der Waals surface area contributed by atoms with Crippen molar-refractivity contribution in [3.05, 3.63) is 58.9 Å². The van der Waals surface area contributed by atoms with Gasteiger partial charge in [0.05, 0.1) is 18.7 Å². The number of carbonyl (C=O) groups excluding carboxylic acids is 2. The number of hydrogen-bond donors (Lipinski definition) is 3. The Morgan fingerprint density at radius 1 is 1.30 bits per heavy atom. The average Bonchev–Trinajstić information content (AvgIpc) is 2.80. The number of piperazine rings is 1. The number of halogens is 1. The summed E-state index contributed by atoms with van der Waals surface area (Å²) in [5.74, 6) is -1.87. The van der Waals surface area contributed by atoms with Crippen LogP contribution in [-0.2, 0) is 20.9 Å². The number of nitrogens with one attached hydrogen (secondary N) is 1. The van der Waals surface area contributed by atoms with Crippen LogP contribution in [0.1, 0.15) is 18.9 Å². The predicted molar refractivity (Wildman–Crippen MR) is 117 cm³/mol. The van der Waals surface area contributed by atoms with Crippen LogP contribution in [0.5, 0.6) is 0 Å². The summed E-state index contributed by atoms with van der Waals surface area (Å²) in [6.07, 6.45) is 0.357. The van der Waals surface area contributed by atoms with Crippen LogP contribution in [0.15, 0.2) is 47.5 Å². The Morgan fingerprint density at radius 2 is 2.03 bits per heavy atom. The molecule has 2 fully saturated rings. The number of aliphatic hydroxyl groups is 2. The van der Waals surface area contributed by atoms with Crippen LogP contribution in [0.2, 0.25) is 0 Å². The summed E-state index contributed by atoms with van der Waals surface area (Å²) in [6, 6.07) is 5.66. The number of rotatable bonds is 6. The monoisotopic (exact) mass is 460 g/mol. The van der Waals surface area contributed by atoms with Gasteiger partial charge in [0.1, 0.15) is 23.8 Å². The molecule has 0 spiro atoms. The first kappa shape index (κ1) is 23.2. The number of hydrogen-bond acceptors (Lipinski definition) is 7. The third-order valence-corrected chi connectivity index (χ3v) is 6.44. The lowest BCUT2D eigenvalue weighted by atomic mass is 9.97. The number of fused-ring (bicyclic) bond motifs is 2. The Morgan fingerprint density at radius 3 is 2.73 bits per heavy atom. The Kier molecular flexibility index (Phi) is 6.68. The SMILES string of the molecule is COCCN1CC[C@H](C)N2C(=O)C3=C(O)C(O)C(C(=O)NCc4ccc(F)cc4)=CN3C[C@@H]12. The van der Waals surface area contributed by atoms with E-state index in [4.69, 9.17) is 4.74 Å². The normalized spacial score (nSPS) is 25.5. The van der Waals surface area contributed by atoms with Crippen LogP contribution < -0.4 is 5.32 Å². The van der Waals surface area contributed by atoms with E-state index in [2.05, 4.69) is 10.2 Å². The molecule has 0 bridgehead atoms. The molecule has 3 atom stereocenters. The molecule has 1 aromatic carbocycles. The van der Waals surface area contributed by atoms with Crippen LogP contribution >= 0.6 is 0 Å². The number of nitrogens with zero attached hydrogens (tertiary/aromatic N) is 3. The smallest absolute Gasteiger partial charge is 0.275 e. The van der Waals surface area contributed by atoms with Gasteiger partial charge in [-0.05, 0) is 31.0 Å². The Hall–Kier alpha value is -2.95. The molecule has 10 heteroatoms. The second-order valence-corrected chi connectivity index (χ2v) is 8.54. The summed E-state index contributed by atoms with van der Waals surface area (Å²) >= 11 is 0. The van der Waals surface area contributed by atoms with Crippen molar-refractivity contribution >= 4 is 11.8 Å². The van der Waals surface area contributed by atoms with Gasteiger partial charge >= 0.3 is 0 Å². The fourth-order valence-corrected chi connectivity index (χ4v) is 4.59. The third kappa shape index (κ3) is 4.46. The van der Waals surface area contributed by atoms with E-state index in [1.165, 1.54) is 18.3 Å². The number of ether oxygens (including phenoxy) is 1. The highest BCUT2D eigenvalue weighted by atomic mass is 19.1. The van der Waals surface area contributed by atoms with Gasteiger partial charge in [0.2, 0.25) is 0 Å². The Bertz CT molecular complexity index is 978. The molecule has 3 heterocycles. The minimum atomic E-state index is -1.62. The molecular weight excluding hydrogens is 431 g/mol. The molecule has 3 aliphatic rings. The number of amides is 2. The van der Waals surface area contributed by atoms with Crippen molar-refractivity contribution in [2.75, 3.05) is 33.4 Å². The van der Waals surface area contributed by atoms with Gasteiger partial charge in [-0.15, -0.1) is 0 Å². The first-order valence-electron chi connectivity index (χ1n) is 11.0. The first-order valence-corrected chi connectivity index (χ1v) is 11.0. The maximum atomic E-state index is 13.3. The van der Waals surface area contributed by atoms with E-state index >= 15 is 0 Å². The molecule has 0 radical (unpaired) electrons. The summed E-state index contributed by atoms with van der Waals surface area (Å²) < 4.78 is 18.3. The van der Waals surface area contributed by atoms with E-state index in [1.54, 1.807) is 29.0 Å². The standard InChI is InChI=1S/C23H29FN4O5/c1-14-7-8-26(9-10-33-2)18-13-27-12-17(20(29)21(30)19(27)23(32)28(14)18)22(31)25-11-15-3-5-16(24)6-4-15/h3-6,12,14,18,20,29-30H,7-11,13H2,1-2H3,(H,25,31)/t14-,18-,20?/m0/s1. The Balaban J connectivity index is 1.55. The minimum Gasteiger partial charge on any atom is -0.507 e. The molecule has 33 heavy (non-hydrogen) atoms. The van der Waals surface area contributed by atoms with Crippen molar-refractivity contribution in [1.82, 2.24) is 20.0 Å². The minimum absolute atomic E-state index is 0.00530. The summed E-state index contributed by atoms with van der Waals surface area (Å²) in [6.45, 7) is 4.41. The molecule has 4 rings (SSSR count). The zero-order chi connectivity index (χ0) is 23.7. The lowest BCUT2D eigenvalue weighted by Gasteiger charge is -2.53. The number of aliphatic hydroxyl groups excluding tert-OH is 2. The van der Waals surface area contributed by atoms with Crippen LogP contribution in [-0.4, -0.2) is 88.4 Å². The van der Waals surface area contributed by atoms with Crippen LogP contribution in [0, 0.1) is 5.82 Å². The zero-order valence-corrected chi connectivity index (χ0v) is 18.7. The number of methoxy groups -OCH3 is 1. The fraction of sp³-hybridized carbons (Fsp3) is 0.478. The third-order valence-electron chi connectivity index (χ3n) is 6.44. The molecule has 1 aromatic rings. The summed E-state index contributed by atoms with van der Waals surface area (Å²) in [5, 5.41) is 24.0. The highest BCUT2D eigenvalue weighted by molar-refractivity contribution is 5.99. The number of carbonyl (C=O) groups is 2. The highest BCUT2D eigenvalue weighted by Gasteiger charge is 2.47. The topological polar surface area (TPSA) is 106 Å². The molecule has 2 amide bonds. The molecule has 9 nitrogen and oxygen atoms in total. The van der Waals surface area contributed by atoms with E-state index in [0.717, 1.165) is 13.0 Å². The highest BCUT2D eigenvalue weighted by Crippen LogP contribution is 2.34. The molecule has 2 saturated heterocycles. The lowest BCUT2D eigenvalue weighted by molar-refractivity contribution is -0.150. The first-order chi connectivity index (χ1) is 15.8. The molecule has 178 valence electrons. The number of benzene rings is 1. The summed E-state index contributed by atoms with van der Waals surface area (Å²) in [5.41, 5.74) is 0.617. The summed E-state index contributed by atoms with van der Waals surface area (Å²) in [7, 11) is 1.63. The van der Waals surface area contributed by atoms with Gasteiger partial charge in [0.25, 0.3) is 11.8 Å². The maximum Gasteiger partial charge on any atom is 0.275 e. The quantitative estimate of drug-likeness (QED) is 0.573. The van der Waals surface area contributed by atoms with Crippen LogP contribution in [0.3, 0.4) is 0 Å². The van der Waals surface area contributed by atoms with Gasteiger partial charge in [0, 0.05) is 39.0 Å². The van der Waals surface area contributed by atoms with Gasteiger partial charge in [-0.3, -0.25) is 14.5 Å². The van der Waals surface area contributed by atoms with Crippen molar-refractivity contribution in [3.63, 3.8) is 0 Å². The van der Waals surface area contributed by atoms with E-state index in [0.29, 0.717) is 25.3 Å². The molecule has 1 unspecified atom stereocenters. The van der Waals surface area contributed by atoms with E-state index < -0.39 is 17.8 Å². The van der Waals surface area contributed by atoms with E-state index in [9.17, 15) is 24.2 Å². The largest absolute Gasteiger partial charge is 0.507 e. The van der Waals surface area contributed by atoms with Gasteiger partial charge in [-0.25, -0.2) is 4.39 Å². The van der Waals surface area contributed by atoms with Crippen molar-refractivity contribution in [2.45, 2.75) is 38.2 Å².